The van der Waals surface area contributed by atoms with Crippen LogP contribution in [-0.4, -0.2) is 0 Å². The molecule has 1 heterocycles. The van der Waals surface area contributed by atoms with Gasteiger partial charge in [0.05, 0.1) is 0 Å². The summed E-state index contributed by atoms with van der Waals surface area (Å²) in [4.78, 5) is 0. The van der Waals surface area contributed by atoms with Gasteiger partial charge in [-0.25, -0.2) is 0 Å². The lowest BCUT2D eigenvalue weighted by Crippen LogP contribution is -2.05. The van der Waals surface area contributed by atoms with Gasteiger partial charge in [-0.15, -0.1) is 0 Å². The summed E-state index contributed by atoms with van der Waals surface area (Å²) in [6.45, 7) is 2.51. The van der Waals surface area contributed by atoms with Crippen molar-refractivity contribution in [2.24, 2.45) is 0 Å². The first-order chi connectivity index (χ1) is 3.43. The fraction of sp³-hybridized carbons (Fsp3) is 0. The molecule has 0 aromatic heterocycles. The van der Waals surface area contributed by atoms with E-state index in [1.54, 1.807) is 6.20 Å². The van der Waals surface area contributed by atoms with Crippen molar-refractivity contribution < 1.29 is 0 Å². The molecule has 1 aliphatic rings. The maximum absolute atomic E-state index is 8.11. The van der Waals surface area contributed by atoms with Gasteiger partial charge in [-0.05, 0) is 0 Å². The van der Waals surface area contributed by atoms with Gasteiger partial charge >= 0.3 is 0 Å². The molecule has 0 bridgehead atoms. The first-order valence-electron chi connectivity index (χ1n) is 1.80. The highest BCUT2D eigenvalue weighted by atomic mass is 15.1. The third-order valence-electron chi connectivity index (χ3n) is 0.606. The highest BCUT2D eigenvalue weighted by Crippen LogP contribution is 1.88. The Balaban J connectivity index is 2.57. The second kappa shape index (κ2) is 1.52. The van der Waals surface area contributed by atoms with Crippen molar-refractivity contribution in [1.82, 2.24) is 10.6 Å². The van der Waals surface area contributed by atoms with Crippen molar-refractivity contribution in [3.63, 3.8) is 0 Å². The van der Waals surface area contributed by atoms with Crippen molar-refractivity contribution in [3.05, 3.63) is 18.6 Å². The van der Waals surface area contributed by atoms with E-state index in [1.165, 1.54) is 0 Å². The zero-order valence-corrected chi connectivity index (χ0v) is 3.52. The fourth-order valence-corrected chi connectivity index (χ4v) is 0.308. The molecule has 0 saturated heterocycles. The lowest BCUT2D eigenvalue weighted by Gasteiger charge is -1.82. The summed E-state index contributed by atoms with van der Waals surface area (Å²) in [6, 6.07) is 1.89. The predicted molar refractivity (Wildman–Crippen MR) is 23.2 cm³/mol. The van der Waals surface area contributed by atoms with Crippen LogP contribution in [0.15, 0.2) is 11.9 Å². The molecule has 0 saturated carbocycles. The number of nitrogens with zero attached hydrogens (tertiary/aromatic N) is 1. The fourth-order valence-electron chi connectivity index (χ4n) is 0.308. The van der Waals surface area contributed by atoms with Gasteiger partial charge < -0.3 is 10.6 Å². The quantitative estimate of drug-likeness (QED) is 0.426. The minimum absolute atomic E-state index is 0.500. The molecular weight excluding hydrogens is 90.1 g/mol. The lowest BCUT2D eigenvalue weighted by molar-refractivity contribution is 0.964. The molecular formula is C4H3N3. The minimum atomic E-state index is 0.500. The number of nitrogens with one attached hydrogen (secondary N) is 2. The SMILES string of the molecule is N#CC1=CN[C]N1. The highest BCUT2D eigenvalue weighted by Gasteiger charge is 1.98. The summed E-state index contributed by atoms with van der Waals surface area (Å²) in [5.41, 5.74) is 0.500. The van der Waals surface area contributed by atoms with Crippen molar-refractivity contribution in [1.29, 1.82) is 5.26 Å². The van der Waals surface area contributed by atoms with E-state index < -0.39 is 0 Å². The smallest absolute Gasteiger partial charge is 0.203 e. The molecule has 0 fully saturated rings. The van der Waals surface area contributed by atoms with Gasteiger partial charge in [-0.1, -0.05) is 0 Å². The Morgan fingerprint density at radius 2 is 2.71 bits per heavy atom. The average Bonchev–Trinajstić information content (AvgIpc) is 2.14. The van der Waals surface area contributed by atoms with Crippen LogP contribution in [0.3, 0.4) is 0 Å². The summed E-state index contributed by atoms with van der Waals surface area (Å²) in [6.07, 6.45) is 1.54. The Bertz CT molecular complexity index is 130. The van der Waals surface area contributed by atoms with E-state index in [9.17, 15) is 0 Å². The van der Waals surface area contributed by atoms with Gasteiger partial charge in [0, 0.05) is 6.20 Å². The number of allylic oxidation sites excluding steroid dienone is 1. The van der Waals surface area contributed by atoms with Crippen LogP contribution in [0.1, 0.15) is 0 Å². The third-order valence-corrected chi connectivity index (χ3v) is 0.606. The minimum Gasteiger partial charge on any atom is -0.359 e. The lowest BCUT2D eigenvalue weighted by atomic mass is 10.5. The molecule has 3 heteroatoms. The zero-order valence-electron chi connectivity index (χ0n) is 3.52. The molecule has 2 N–H and O–H groups in total. The van der Waals surface area contributed by atoms with Crippen LogP contribution >= 0.6 is 0 Å². The van der Waals surface area contributed by atoms with Gasteiger partial charge in [-0.3, -0.25) is 0 Å². The number of nitriles is 1. The molecule has 0 aliphatic carbocycles. The summed E-state index contributed by atoms with van der Waals surface area (Å²) in [5.74, 6) is 0. The Morgan fingerprint density at radius 3 is 3.00 bits per heavy atom. The maximum Gasteiger partial charge on any atom is 0.203 e. The largest absolute Gasteiger partial charge is 0.359 e. The third kappa shape index (κ3) is 0.631. The van der Waals surface area contributed by atoms with E-state index in [2.05, 4.69) is 17.3 Å². The van der Waals surface area contributed by atoms with Gasteiger partial charge in [0.1, 0.15) is 11.8 Å². The predicted octanol–water partition coefficient (Wildman–Crippen LogP) is -0.460. The first-order valence-corrected chi connectivity index (χ1v) is 1.80. The molecule has 7 heavy (non-hydrogen) atoms. The second-order valence-corrected chi connectivity index (χ2v) is 1.06. The number of hydrogen-bond acceptors (Lipinski definition) is 3. The van der Waals surface area contributed by atoms with E-state index in [-0.39, 0.29) is 0 Å². The van der Waals surface area contributed by atoms with Crippen molar-refractivity contribution in [3.8, 4) is 6.07 Å². The monoisotopic (exact) mass is 93.0 g/mol. The highest BCUT2D eigenvalue weighted by molar-refractivity contribution is 5.22. The van der Waals surface area contributed by atoms with Crippen LogP contribution in [0.25, 0.3) is 0 Å². The van der Waals surface area contributed by atoms with Crippen molar-refractivity contribution in [2.75, 3.05) is 0 Å². The molecule has 3 nitrogen and oxygen atoms in total. The Hall–Kier alpha value is -1.17. The first kappa shape index (κ1) is 4.00. The van der Waals surface area contributed by atoms with Crippen molar-refractivity contribution in [2.45, 2.75) is 0 Å². The van der Waals surface area contributed by atoms with Crippen LogP contribution < -0.4 is 10.6 Å². The molecule has 0 amide bonds. The molecule has 1 rings (SSSR count). The number of rotatable bonds is 0. The molecule has 1 aliphatic heterocycles. The number of hydrogen-bond donors (Lipinski definition) is 2. The van der Waals surface area contributed by atoms with Gasteiger partial charge in [0.2, 0.25) is 6.67 Å². The van der Waals surface area contributed by atoms with Crippen LogP contribution in [-0.2, 0) is 0 Å². The molecule has 0 unspecified atom stereocenters. The second-order valence-electron chi connectivity index (χ2n) is 1.06. The van der Waals surface area contributed by atoms with Crippen molar-refractivity contribution >= 4 is 0 Å². The van der Waals surface area contributed by atoms with E-state index in [0.717, 1.165) is 0 Å². The van der Waals surface area contributed by atoms with Gasteiger partial charge in [-0.2, -0.15) is 5.26 Å². The van der Waals surface area contributed by atoms with Gasteiger partial charge in [0.25, 0.3) is 0 Å². The van der Waals surface area contributed by atoms with E-state index in [4.69, 9.17) is 5.26 Å². The van der Waals surface area contributed by atoms with E-state index in [1.807, 2.05) is 6.07 Å². The van der Waals surface area contributed by atoms with Gasteiger partial charge in [0.15, 0.2) is 0 Å². The topological polar surface area (TPSA) is 47.9 Å². The molecule has 0 atom stereocenters. The summed E-state index contributed by atoms with van der Waals surface area (Å²) >= 11 is 0. The van der Waals surface area contributed by atoms with Crippen LogP contribution in [0.2, 0.25) is 0 Å². The summed E-state index contributed by atoms with van der Waals surface area (Å²) in [5, 5.41) is 13.2. The molecule has 0 aromatic rings. The van der Waals surface area contributed by atoms with E-state index in [0.29, 0.717) is 5.70 Å². The van der Waals surface area contributed by atoms with Crippen LogP contribution in [0.5, 0.6) is 0 Å². The Kier molecular flexibility index (Phi) is 0.868. The molecule has 2 radical (unpaired) electrons. The summed E-state index contributed by atoms with van der Waals surface area (Å²) in [7, 11) is 0. The van der Waals surface area contributed by atoms with E-state index >= 15 is 0 Å². The molecule has 0 spiro atoms. The Labute approximate surface area is 41.6 Å². The molecule has 34 valence electrons. The average molecular weight is 93.1 g/mol. The normalized spacial score (nSPS) is 16.1. The molecule has 0 aromatic carbocycles. The Morgan fingerprint density at radius 1 is 1.86 bits per heavy atom. The van der Waals surface area contributed by atoms with Crippen LogP contribution in [0, 0.1) is 18.0 Å². The van der Waals surface area contributed by atoms with Crippen LogP contribution in [0.4, 0.5) is 0 Å². The standard InChI is InChI=1S/C4H3N3/c5-1-4-2-6-3-7-4/h2,6-7H. The zero-order chi connectivity index (χ0) is 5.11. The summed E-state index contributed by atoms with van der Waals surface area (Å²) < 4.78 is 0. The maximum atomic E-state index is 8.11.